The van der Waals surface area contributed by atoms with Crippen molar-refractivity contribution in [2.24, 2.45) is 0 Å². The number of benzene rings is 12. The SMILES string of the molecule is [2H]c1c([2H])c([2H])c(-c2ccc3c(c2)c2c4oc5ccccc5c4ccc2n3-c2c(C#N)cc(-c3nc(-c4ccccc4)nc(-c4ccccc4)n3)c(-n3c4ccc(-c5c([2H])c([2H])c([2H])c([2H])c5[2H])cc4c4c5oc6ccccc6c5ccc43)c2-c2c([2H])c([2H])c([2H])c([2H])c2[2H])c([2H])c1[2H]. The van der Waals surface area contributed by atoms with E-state index in [-0.39, 0.29) is 73.4 Å². The van der Waals surface area contributed by atoms with Crippen LogP contribution in [0.25, 0.3) is 166 Å². The summed E-state index contributed by atoms with van der Waals surface area (Å²) in [6, 6.07) is 46.1. The smallest absolute Gasteiger partial charge is 0.166 e. The van der Waals surface area contributed by atoms with Crippen LogP contribution in [0.5, 0.6) is 0 Å². The standard InChI is InChI=1S/C76H44N6O2/c77-45-53-44-60(76-79-74(49-26-12-4-13-27-49)78-75(80-76)50-28-14-5-15-29-50)71(82-62-39-35-52(47-22-8-2-9-23-47)43-59(62)69-64(82)41-37-57-55-31-17-19-33-66(55)84-73(57)69)67(48-24-10-3-11-25-48)70(53)81-61-38-34-51(46-20-6-1-7-21-46)42-58(61)68-63(81)40-36-56-54-30-16-18-32-65(54)83-72(56)68/h1-44H/i1D,2D,3D,6D,7D,8D,9D,10D,11D,20D,21D,22D,23D,24D,25D. The van der Waals surface area contributed by atoms with E-state index in [1.807, 2.05) is 138 Å². The molecule has 0 saturated heterocycles. The van der Waals surface area contributed by atoms with Crippen LogP contribution in [0.4, 0.5) is 0 Å². The van der Waals surface area contributed by atoms with Gasteiger partial charge in [-0.1, -0.05) is 200 Å². The number of nitriles is 1. The lowest BCUT2D eigenvalue weighted by Crippen LogP contribution is -2.10. The van der Waals surface area contributed by atoms with Crippen molar-refractivity contribution < 1.29 is 29.4 Å². The molecule has 0 amide bonds. The summed E-state index contributed by atoms with van der Waals surface area (Å²) in [5.74, 6) is 0.386. The monoisotopic (exact) mass is 1090 g/mol. The van der Waals surface area contributed by atoms with Gasteiger partial charge in [0.2, 0.25) is 0 Å². The first-order valence-corrected chi connectivity index (χ1v) is 26.8. The molecule has 5 aromatic heterocycles. The zero-order chi connectivity index (χ0) is 68.5. The Morgan fingerprint density at radius 1 is 0.357 bits per heavy atom. The van der Waals surface area contributed by atoms with Crippen molar-refractivity contribution in [2.75, 3.05) is 0 Å². The van der Waals surface area contributed by atoms with Crippen LogP contribution in [-0.2, 0) is 0 Å². The molecular weight excluding hydrogens is 1030 g/mol. The predicted octanol–water partition coefficient (Wildman–Crippen LogP) is 19.7. The number of para-hydroxylation sites is 2. The van der Waals surface area contributed by atoms with Gasteiger partial charge in [0.15, 0.2) is 17.5 Å². The molecule has 0 saturated carbocycles. The lowest BCUT2D eigenvalue weighted by molar-refractivity contribution is 0.672. The topological polar surface area (TPSA) is 98.6 Å². The van der Waals surface area contributed by atoms with Crippen LogP contribution in [0.1, 0.15) is 26.1 Å². The van der Waals surface area contributed by atoms with Crippen LogP contribution in [0.15, 0.2) is 275 Å². The molecule has 0 aliphatic heterocycles. The van der Waals surface area contributed by atoms with Gasteiger partial charge >= 0.3 is 0 Å². The Kier molecular flexibility index (Phi) is 7.68. The highest BCUT2D eigenvalue weighted by molar-refractivity contribution is 6.26. The number of hydrogen-bond donors (Lipinski definition) is 0. The molecule has 390 valence electrons. The number of nitrogens with zero attached hydrogens (tertiary/aromatic N) is 6. The van der Waals surface area contributed by atoms with Crippen molar-refractivity contribution in [3.8, 4) is 85.0 Å². The van der Waals surface area contributed by atoms with Crippen molar-refractivity contribution in [1.29, 1.82) is 5.26 Å². The van der Waals surface area contributed by atoms with Gasteiger partial charge in [-0.2, -0.15) is 5.26 Å². The molecule has 0 fully saturated rings. The molecule has 0 N–H and O–H groups in total. The Hall–Kier alpha value is -11.7. The zero-order valence-electron chi connectivity index (χ0n) is 58.7. The van der Waals surface area contributed by atoms with E-state index in [9.17, 15) is 16.2 Å². The molecule has 5 heterocycles. The molecule has 8 nitrogen and oxygen atoms in total. The van der Waals surface area contributed by atoms with Gasteiger partial charge in [0.25, 0.3) is 0 Å². The van der Waals surface area contributed by atoms with Crippen LogP contribution in [0.3, 0.4) is 0 Å². The first-order chi connectivity index (χ1) is 47.8. The molecular formula is C76H44N6O2. The third kappa shape index (κ3) is 7.23. The van der Waals surface area contributed by atoms with Gasteiger partial charge in [0, 0.05) is 54.6 Å². The number of fused-ring (bicyclic) bond motifs is 14. The average Bonchev–Trinajstić information content (AvgIpc) is 1.65. The van der Waals surface area contributed by atoms with Gasteiger partial charge in [-0.15, -0.1) is 0 Å². The molecule has 0 bridgehead atoms. The van der Waals surface area contributed by atoms with E-state index in [1.165, 1.54) is 0 Å². The highest BCUT2D eigenvalue weighted by Crippen LogP contribution is 2.51. The van der Waals surface area contributed by atoms with E-state index < -0.39 is 90.6 Å². The van der Waals surface area contributed by atoms with Gasteiger partial charge in [0.05, 0.1) is 70.3 Å². The van der Waals surface area contributed by atoms with Crippen LogP contribution in [-0.4, -0.2) is 24.1 Å². The average molecular weight is 1090 g/mol. The highest BCUT2D eigenvalue weighted by Gasteiger charge is 2.31. The molecule has 0 unspecified atom stereocenters. The second-order valence-corrected chi connectivity index (χ2v) is 20.2. The molecule has 8 heteroatoms. The molecule has 17 aromatic rings. The summed E-state index contributed by atoms with van der Waals surface area (Å²) in [4.78, 5) is 15.6. The van der Waals surface area contributed by atoms with Gasteiger partial charge in [-0.25, -0.2) is 15.0 Å². The van der Waals surface area contributed by atoms with Gasteiger partial charge in [-0.3, -0.25) is 0 Å². The summed E-state index contributed by atoms with van der Waals surface area (Å²) in [5.41, 5.74) is 4.23. The summed E-state index contributed by atoms with van der Waals surface area (Å²) < 4.78 is 155. The van der Waals surface area contributed by atoms with Gasteiger partial charge in [0.1, 0.15) is 28.4 Å². The fourth-order valence-electron chi connectivity index (χ4n) is 12.1. The fraction of sp³-hybridized carbons (Fsp3) is 0. The largest absolute Gasteiger partial charge is 0.455 e. The summed E-state index contributed by atoms with van der Waals surface area (Å²) in [7, 11) is 0. The van der Waals surface area contributed by atoms with Crippen LogP contribution in [0, 0.1) is 11.3 Å². The van der Waals surface area contributed by atoms with Crippen molar-refractivity contribution >= 4 is 87.5 Å². The van der Waals surface area contributed by atoms with E-state index in [0.29, 0.717) is 87.8 Å². The maximum Gasteiger partial charge on any atom is 0.166 e. The maximum absolute atomic E-state index is 12.3. The molecule has 12 aromatic carbocycles. The molecule has 84 heavy (non-hydrogen) atoms. The van der Waals surface area contributed by atoms with Gasteiger partial charge < -0.3 is 18.0 Å². The summed E-state index contributed by atoms with van der Waals surface area (Å²) in [5, 5.41) is 16.9. The van der Waals surface area contributed by atoms with Crippen molar-refractivity contribution in [3.05, 3.63) is 272 Å². The quantitative estimate of drug-likeness (QED) is 0.150. The van der Waals surface area contributed by atoms with Crippen LogP contribution < -0.4 is 0 Å². The third-order valence-electron chi connectivity index (χ3n) is 15.7. The molecule has 0 aliphatic rings. The lowest BCUT2D eigenvalue weighted by atomic mass is 9.93. The van der Waals surface area contributed by atoms with Gasteiger partial charge in [-0.05, 0) is 94.5 Å². The number of aromatic nitrogens is 5. The summed E-state index contributed by atoms with van der Waals surface area (Å²) >= 11 is 0. The second-order valence-electron chi connectivity index (χ2n) is 20.2. The first-order valence-electron chi connectivity index (χ1n) is 34.3. The minimum Gasteiger partial charge on any atom is -0.455 e. The van der Waals surface area contributed by atoms with E-state index >= 15 is 0 Å². The minimum atomic E-state index is -0.714. The molecule has 0 atom stereocenters. The van der Waals surface area contributed by atoms with E-state index in [1.54, 1.807) is 47.0 Å². The molecule has 0 aliphatic carbocycles. The summed E-state index contributed by atoms with van der Waals surface area (Å²) in [6.07, 6.45) is 0. The van der Waals surface area contributed by atoms with E-state index in [4.69, 9.17) is 33.4 Å². The van der Waals surface area contributed by atoms with Crippen molar-refractivity contribution in [3.63, 3.8) is 0 Å². The Labute approximate surface area is 501 Å². The Balaban J connectivity index is 1.13. The number of hydrogen-bond acceptors (Lipinski definition) is 6. The Morgan fingerprint density at radius 3 is 1.27 bits per heavy atom. The second kappa shape index (κ2) is 18.7. The van der Waals surface area contributed by atoms with Crippen LogP contribution >= 0.6 is 0 Å². The molecule has 0 spiro atoms. The Bertz CT molecular complexity index is 6370. The highest BCUT2D eigenvalue weighted by atomic mass is 16.3. The number of rotatable bonds is 8. The number of furan rings is 2. The third-order valence-corrected chi connectivity index (χ3v) is 15.7. The zero-order valence-corrected chi connectivity index (χ0v) is 43.7. The predicted molar refractivity (Wildman–Crippen MR) is 340 cm³/mol. The van der Waals surface area contributed by atoms with E-state index in [0.717, 1.165) is 10.8 Å². The van der Waals surface area contributed by atoms with Crippen LogP contribution in [0.2, 0.25) is 0 Å². The summed E-state index contributed by atoms with van der Waals surface area (Å²) in [6.45, 7) is 0. The van der Waals surface area contributed by atoms with Crippen molar-refractivity contribution in [2.45, 2.75) is 0 Å². The lowest BCUT2D eigenvalue weighted by Gasteiger charge is -2.24. The van der Waals surface area contributed by atoms with E-state index in [2.05, 4.69) is 6.07 Å². The Morgan fingerprint density at radius 2 is 0.786 bits per heavy atom. The normalized spacial score (nSPS) is 14.3. The minimum absolute atomic E-state index is 0.0167. The molecule has 0 radical (unpaired) electrons. The molecule has 17 rings (SSSR count). The first kappa shape index (κ1) is 34.5. The van der Waals surface area contributed by atoms with Crippen molar-refractivity contribution in [1.82, 2.24) is 24.1 Å². The maximum atomic E-state index is 12.3. The fourth-order valence-corrected chi connectivity index (χ4v) is 12.1.